The first-order valence-electron chi connectivity index (χ1n) is 6.78. The van der Waals surface area contributed by atoms with Gasteiger partial charge >= 0.3 is 0 Å². The number of hydrogen-bond donors (Lipinski definition) is 1. The maximum atomic E-state index is 4.53. The van der Waals surface area contributed by atoms with Crippen LogP contribution in [0.15, 0.2) is 12.1 Å². The van der Waals surface area contributed by atoms with E-state index in [1.165, 1.54) is 24.9 Å². The van der Waals surface area contributed by atoms with E-state index in [9.17, 15) is 0 Å². The number of nitrogens with one attached hydrogen (secondary N) is 1. The molecule has 0 aromatic carbocycles. The van der Waals surface area contributed by atoms with Gasteiger partial charge in [0.05, 0.1) is 11.4 Å². The van der Waals surface area contributed by atoms with E-state index in [4.69, 9.17) is 0 Å². The molecule has 0 bridgehead atoms. The molecule has 0 aliphatic heterocycles. The molecule has 1 heterocycles. The predicted octanol–water partition coefficient (Wildman–Crippen LogP) is 3.94. The standard InChI is InChI=1S/C15H24N2/c1-10-6-5-7-11(2)15(10)17-14-9-8-12(3)16-13(14)4/h8-11,15,17H,5-7H2,1-4H3. The number of aromatic nitrogens is 1. The fourth-order valence-corrected chi connectivity index (χ4v) is 2.98. The zero-order valence-corrected chi connectivity index (χ0v) is 11.5. The van der Waals surface area contributed by atoms with Crippen molar-refractivity contribution in [2.75, 3.05) is 5.32 Å². The summed E-state index contributed by atoms with van der Waals surface area (Å²) in [5.41, 5.74) is 3.42. The van der Waals surface area contributed by atoms with E-state index >= 15 is 0 Å². The summed E-state index contributed by atoms with van der Waals surface area (Å²) in [5.74, 6) is 1.53. The molecule has 1 aliphatic carbocycles. The van der Waals surface area contributed by atoms with Crippen LogP contribution >= 0.6 is 0 Å². The monoisotopic (exact) mass is 232 g/mol. The molecule has 1 aromatic heterocycles. The van der Waals surface area contributed by atoms with Crippen molar-refractivity contribution in [3.05, 3.63) is 23.5 Å². The van der Waals surface area contributed by atoms with Gasteiger partial charge in [-0.2, -0.15) is 0 Å². The van der Waals surface area contributed by atoms with Crippen LogP contribution in [-0.4, -0.2) is 11.0 Å². The largest absolute Gasteiger partial charge is 0.380 e. The van der Waals surface area contributed by atoms with Crippen LogP contribution in [0, 0.1) is 25.7 Å². The summed E-state index contributed by atoms with van der Waals surface area (Å²) in [6, 6.07) is 4.87. The zero-order valence-electron chi connectivity index (χ0n) is 11.5. The molecule has 94 valence electrons. The minimum absolute atomic E-state index is 0.604. The van der Waals surface area contributed by atoms with Gasteiger partial charge < -0.3 is 5.32 Å². The van der Waals surface area contributed by atoms with Gasteiger partial charge in [0.1, 0.15) is 0 Å². The molecule has 1 N–H and O–H groups in total. The Labute approximate surface area is 105 Å². The van der Waals surface area contributed by atoms with Gasteiger partial charge in [0.15, 0.2) is 0 Å². The SMILES string of the molecule is Cc1ccc(NC2C(C)CCCC2C)c(C)n1. The van der Waals surface area contributed by atoms with E-state index in [0.717, 1.165) is 23.2 Å². The molecule has 1 aromatic rings. The maximum absolute atomic E-state index is 4.53. The fraction of sp³-hybridized carbons (Fsp3) is 0.667. The van der Waals surface area contributed by atoms with Crippen LogP contribution in [0.25, 0.3) is 0 Å². The molecule has 0 radical (unpaired) electrons. The number of rotatable bonds is 2. The minimum atomic E-state index is 0.604. The molecule has 1 saturated carbocycles. The Bertz CT molecular complexity index is 377. The third-order valence-corrected chi connectivity index (χ3v) is 4.09. The fourth-order valence-electron chi connectivity index (χ4n) is 2.98. The van der Waals surface area contributed by atoms with Crippen molar-refractivity contribution in [2.45, 2.75) is 53.0 Å². The Kier molecular flexibility index (Phi) is 3.70. The number of hydrogen-bond acceptors (Lipinski definition) is 2. The molecule has 0 spiro atoms. The van der Waals surface area contributed by atoms with Crippen molar-refractivity contribution >= 4 is 5.69 Å². The van der Waals surface area contributed by atoms with E-state index in [0.29, 0.717) is 6.04 Å². The highest BCUT2D eigenvalue weighted by Crippen LogP contribution is 2.31. The summed E-state index contributed by atoms with van der Waals surface area (Å²) in [7, 11) is 0. The van der Waals surface area contributed by atoms with E-state index in [1.807, 2.05) is 6.92 Å². The Morgan fingerprint density at radius 1 is 1.12 bits per heavy atom. The van der Waals surface area contributed by atoms with Crippen molar-refractivity contribution in [2.24, 2.45) is 11.8 Å². The summed E-state index contributed by atoms with van der Waals surface area (Å²) < 4.78 is 0. The minimum Gasteiger partial charge on any atom is -0.380 e. The second-order valence-electron chi connectivity index (χ2n) is 5.64. The van der Waals surface area contributed by atoms with E-state index in [-0.39, 0.29) is 0 Å². The van der Waals surface area contributed by atoms with Crippen LogP contribution in [0.5, 0.6) is 0 Å². The van der Waals surface area contributed by atoms with Crippen molar-refractivity contribution in [1.82, 2.24) is 4.98 Å². The van der Waals surface area contributed by atoms with Gasteiger partial charge in [-0.1, -0.05) is 20.3 Å². The summed E-state index contributed by atoms with van der Waals surface area (Å²) in [4.78, 5) is 4.53. The van der Waals surface area contributed by atoms with Crippen molar-refractivity contribution in [3.8, 4) is 0 Å². The van der Waals surface area contributed by atoms with E-state index in [2.05, 4.69) is 43.2 Å². The molecule has 17 heavy (non-hydrogen) atoms. The van der Waals surface area contributed by atoms with E-state index in [1.54, 1.807) is 0 Å². The smallest absolute Gasteiger partial charge is 0.0606 e. The topological polar surface area (TPSA) is 24.9 Å². The average Bonchev–Trinajstić information content (AvgIpc) is 2.26. The number of pyridine rings is 1. The highest BCUT2D eigenvalue weighted by Gasteiger charge is 2.27. The molecule has 2 heteroatoms. The Balaban J connectivity index is 2.13. The van der Waals surface area contributed by atoms with Crippen LogP contribution in [0.1, 0.15) is 44.5 Å². The van der Waals surface area contributed by atoms with Crippen LogP contribution in [-0.2, 0) is 0 Å². The molecule has 2 atom stereocenters. The highest BCUT2D eigenvalue weighted by molar-refractivity contribution is 5.48. The first-order chi connectivity index (χ1) is 8.08. The molecule has 0 amide bonds. The first-order valence-corrected chi connectivity index (χ1v) is 6.78. The summed E-state index contributed by atoms with van der Waals surface area (Å²) in [6.07, 6.45) is 4.08. The van der Waals surface area contributed by atoms with Gasteiger partial charge in [-0.3, -0.25) is 4.98 Å². The second kappa shape index (κ2) is 5.07. The lowest BCUT2D eigenvalue weighted by atomic mass is 9.78. The Morgan fingerprint density at radius 3 is 2.35 bits per heavy atom. The summed E-state index contributed by atoms with van der Waals surface area (Å²) >= 11 is 0. The average molecular weight is 232 g/mol. The molecule has 1 fully saturated rings. The molecule has 2 nitrogen and oxygen atoms in total. The van der Waals surface area contributed by atoms with Crippen LogP contribution in [0.3, 0.4) is 0 Å². The normalized spacial score (nSPS) is 29.1. The molecular formula is C15H24N2. The molecule has 2 rings (SSSR count). The Hall–Kier alpha value is -1.05. The van der Waals surface area contributed by atoms with Crippen LogP contribution in [0.2, 0.25) is 0 Å². The predicted molar refractivity (Wildman–Crippen MR) is 73.3 cm³/mol. The van der Waals surface area contributed by atoms with Gasteiger partial charge in [-0.05, 0) is 50.7 Å². The van der Waals surface area contributed by atoms with Crippen LogP contribution in [0.4, 0.5) is 5.69 Å². The van der Waals surface area contributed by atoms with Crippen molar-refractivity contribution in [3.63, 3.8) is 0 Å². The highest BCUT2D eigenvalue weighted by atomic mass is 15.0. The number of anilines is 1. The lowest BCUT2D eigenvalue weighted by Gasteiger charge is -2.36. The quantitative estimate of drug-likeness (QED) is 0.835. The lowest BCUT2D eigenvalue weighted by Crippen LogP contribution is -2.37. The lowest BCUT2D eigenvalue weighted by molar-refractivity contribution is 0.268. The first kappa shape index (κ1) is 12.4. The van der Waals surface area contributed by atoms with Gasteiger partial charge in [0.2, 0.25) is 0 Å². The molecule has 2 unspecified atom stereocenters. The van der Waals surface area contributed by atoms with Gasteiger partial charge in [0, 0.05) is 11.7 Å². The molecule has 1 aliphatic rings. The van der Waals surface area contributed by atoms with Gasteiger partial charge in [-0.25, -0.2) is 0 Å². The van der Waals surface area contributed by atoms with Crippen molar-refractivity contribution < 1.29 is 0 Å². The molecule has 0 saturated heterocycles. The number of nitrogens with zero attached hydrogens (tertiary/aromatic N) is 1. The third kappa shape index (κ3) is 2.80. The third-order valence-electron chi connectivity index (χ3n) is 4.09. The molecular weight excluding hydrogens is 208 g/mol. The second-order valence-corrected chi connectivity index (χ2v) is 5.64. The Morgan fingerprint density at radius 2 is 1.76 bits per heavy atom. The maximum Gasteiger partial charge on any atom is 0.0606 e. The summed E-state index contributed by atoms with van der Waals surface area (Å²) in [6.45, 7) is 8.87. The van der Waals surface area contributed by atoms with Gasteiger partial charge in [0.25, 0.3) is 0 Å². The zero-order chi connectivity index (χ0) is 12.4. The van der Waals surface area contributed by atoms with Crippen molar-refractivity contribution in [1.29, 1.82) is 0 Å². The summed E-state index contributed by atoms with van der Waals surface area (Å²) in [5, 5.41) is 3.71. The van der Waals surface area contributed by atoms with E-state index < -0.39 is 0 Å². The number of aryl methyl sites for hydroxylation is 2. The van der Waals surface area contributed by atoms with Gasteiger partial charge in [-0.15, -0.1) is 0 Å². The van der Waals surface area contributed by atoms with Crippen LogP contribution < -0.4 is 5.32 Å².